The van der Waals surface area contributed by atoms with E-state index >= 15 is 0 Å². The van der Waals surface area contributed by atoms with Crippen LogP contribution in [-0.2, 0) is 14.8 Å². The minimum absolute atomic E-state index is 0.140. The van der Waals surface area contributed by atoms with Crippen molar-refractivity contribution in [2.45, 2.75) is 24.8 Å². The molecule has 2 amide bonds. The van der Waals surface area contributed by atoms with E-state index in [0.717, 1.165) is 0 Å². The average molecular weight is 483 g/mol. The lowest BCUT2D eigenvalue weighted by molar-refractivity contribution is -0.118. The molecule has 0 aliphatic carbocycles. The highest BCUT2D eigenvalue weighted by Gasteiger charge is 2.32. The van der Waals surface area contributed by atoms with Crippen LogP contribution in [0, 0.1) is 5.92 Å². The highest BCUT2D eigenvalue weighted by atomic mass is 32.2. The summed E-state index contributed by atoms with van der Waals surface area (Å²) < 4.78 is 27.2. The molecule has 1 aromatic heterocycles. The topological polar surface area (TPSA) is 117 Å². The van der Waals surface area contributed by atoms with Crippen LogP contribution >= 0.6 is 11.3 Å². The first-order chi connectivity index (χ1) is 15.7. The summed E-state index contributed by atoms with van der Waals surface area (Å²) in [6.45, 7) is 3.67. The number of sulfonamides is 1. The van der Waals surface area contributed by atoms with Gasteiger partial charge in [0.2, 0.25) is 5.91 Å². The van der Waals surface area contributed by atoms with Gasteiger partial charge < -0.3 is 10.6 Å². The SMILES string of the molecule is CC(C)[C@H](N=C1NS(=O)(=O)c2ccccc21)C(=O)Nc1cccc(NC(=O)c2cccs2)c1. The second-order valence-electron chi connectivity index (χ2n) is 7.77. The van der Waals surface area contributed by atoms with E-state index in [9.17, 15) is 18.0 Å². The van der Waals surface area contributed by atoms with Gasteiger partial charge in [-0.15, -0.1) is 11.3 Å². The van der Waals surface area contributed by atoms with Gasteiger partial charge >= 0.3 is 0 Å². The zero-order valence-corrected chi connectivity index (χ0v) is 19.5. The average Bonchev–Trinajstić information content (AvgIpc) is 3.39. The molecule has 2 aromatic carbocycles. The summed E-state index contributed by atoms with van der Waals surface area (Å²) in [5.74, 6) is -0.664. The number of fused-ring (bicyclic) bond motifs is 1. The minimum atomic E-state index is -3.70. The van der Waals surface area contributed by atoms with Crippen LogP contribution < -0.4 is 15.4 Å². The van der Waals surface area contributed by atoms with Gasteiger partial charge in [-0.1, -0.05) is 38.1 Å². The molecule has 0 spiro atoms. The second kappa shape index (κ2) is 9.16. The van der Waals surface area contributed by atoms with E-state index in [2.05, 4.69) is 20.3 Å². The van der Waals surface area contributed by atoms with Crippen molar-refractivity contribution >= 4 is 50.4 Å². The van der Waals surface area contributed by atoms with Crippen LogP contribution in [0.5, 0.6) is 0 Å². The number of carbonyl (C=O) groups excluding carboxylic acids is 2. The van der Waals surface area contributed by atoms with Crippen molar-refractivity contribution in [3.63, 3.8) is 0 Å². The molecule has 0 bridgehead atoms. The summed E-state index contributed by atoms with van der Waals surface area (Å²) in [5.41, 5.74) is 1.47. The fourth-order valence-electron chi connectivity index (χ4n) is 3.37. The molecule has 170 valence electrons. The van der Waals surface area contributed by atoms with E-state index in [4.69, 9.17) is 0 Å². The quantitative estimate of drug-likeness (QED) is 0.497. The van der Waals surface area contributed by atoms with Gasteiger partial charge in [0.15, 0.2) is 0 Å². The molecule has 33 heavy (non-hydrogen) atoms. The Bertz CT molecular complexity index is 1330. The van der Waals surface area contributed by atoms with E-state index in [-0.39, 0.29) is 28.5 Å². The number of hydrogen-bond acceptors (Lipinski definition) is 6. The Morgan fingerprint density at radius 1 is 0.970 bits per heavy atom. The smallest absolute Gasteiger partial charge is 0.265 e. The lowest BCUT2D eigenvalue weighted by Gasteiger charge is -2.18. The number of carbonyl (C=O) groups is 2. The van der Waals surface area contributed by atoms with Gasteiger partial charge in [-0.05, 0) is 47.7 Å². The first-order valence-corrected chi connectivity index (χ1v) is 12.6. The number of benzene rings is 2. The van der Waals surface area contributed by atoms with E-state index in [1.165, 1.54) is 17.4 Å². The summed E-state index contributed by atoms with van der Waals surface area (Å²) in [6, 6.07) is 16.0. The minimum Gasteiger partial charge on any atom is -0.324 e. The number of aliphatic imine (C=N–C) groups is 1. The van der Waals surface area contributed by atoms with E-state index < -0.39 is 16.1 Å². The summed E-state index contributed by atoms with van der Waals surface area (Å²) >= 11 is 1.34. The second-order valence-corrected chi connectivity index (χ2v) is 10.4. The number of nitrogens with zero attached hydrogens (tertiary/aromatic N) is 1. The molecule has 0 radical (unpaired) electrons. The third-order valence-corrected chi connectivity index (χ3v) is 7.23. The Balaban J connectivity index is 1.53. The molecule has 8 nitrogen and oxygen atoms in total. The van der Waals surface area contributed by atoms with Crippen LogP contribution in [0.3, 0.4) is 0 Å². The van der Waals surface area contributed by atoms with Crippen LogP contribution in [0.15, 0.2) is 75.9 Å². The predicted molar refractivity (Wildman–Crippen MR) is 129 cm³/mol. The maximum atomic E-state index is 13.1. The van der Waals surface area contributed by atoms with Crippen molar-refractivity contribution in [3.8, 4) is 0 Å². The van der Waals surface area contributed by atoms with Gasteiger partial charge in [0, 0.05) is 16.9 Å². The molecule has 3 N–H and O–H groups in total. The first-order valence-electron chi connectivity index (χ1n) is 10.2. The van der Waals surface area contributed by atoms with Gasteiger partial charge in [-0.25, -0.2) is 8.42 Å². The summed E-state index contributed by atoms with van der Waals surface area (Å²) in [5, 5.41) is 7.44. The molecule has 4 rings (SSSR count). The van der Waals surface area contributed by atoms with Crippen LogP contribution in [0.25, 0.3) is 0 Å². The number of anilines is 2. The molecule has 0 saturated heterocycles. The van der Waals surface area contributed by atoms with Crippen molar-refractivity contribution in [1.82, 2.24) is 4.72 Å². The van der Waals surface area contributed by atoms with Gasteiger partial charge in [-0.2, -0.15) is 0 Å². The van der Waals surface area contributed by atoms with Gasteiger partial charge in [0.1, 0.15) is 11.9 Å². The Kier molecular flexibility index (Phi) is 6.30. The van der Waals surface area contributed by atoms with E-state index in [0.29, 0.717) is 21.8 Å². The number of hydrogen-bond donors (Lipinski definition) is 3. The number of nitrogens with one attached hydrogen (secondary N) is 3. The molecule has 1 aliphatic rings. The molecular weight excluding hydrogens is 460 g/mol. The van der Waals surface area contributed by atoms with E-state index in [1.807, 2.05) is 19.2 Å². The summed E-state index contributed by atoms with van der Waals surface area (Å²) in [4.78, 5) is 30.5. The monoisotopic (exact) mass is 482 g/mol. The number of rotatable bonds is 6. The Labute approximate surface area is 195 Å². The molecular formula is C23H22N4O4S2. The van der Waals surface area contributed by atoms with Crippen molar-refractivity contribution in [2.75, 3.05) is 10.6 Å². The Hall–Kier alpha value is -3.50. The zero-order chi connectivity index (χ0) is 23.6. The maximum absolute atomic E-state index is 13.1. The largest absolute Gasteiger partial charge is 0.324 e. The van der Waals surface area contributed by atoms with Crippen molar-refractivity contribution in [3.05, 3.63) is 76.5 Å². The van der Waals surface area contributed by atoms with Crippen LogP contribution in [0.4, 0.5) is 11.4 Å². The van der Waals surface area contributed by atoms with Gasteiger partial charge in [0.05, 0.1) is 9.77 Å². The lowest BCUT2D eigenvalue weighted by Crippen LogP contribution is -2.34. The Morgan fingerprint density at radius 3 is 2.39 bits per heavy atom. The standard InChI is InChI=1S/C23H22N4O4S2/c1-14(2)20(26-21-17-9-3-4-11-19(17)33(30,31)27-21)23(29)25-16-8-5-7-15(13-16)24-22(28)18-10-6-12-32-18/h3-14,20H,1-2H3,(H,24,28)(H,25,29)(H,26,27)/t20-/m0/s1. The zero-order valence-electron chi connectivity index (χ0n) is 17.9. The van der Waals surface area contributed by atoms with E-state index in [1.54, 1.807) is 54.6 Å². The predicted octanol–water partition coefficient (Wildman–Crippen LogP) is 3.70. The molecule has 2 heterocycles. The maximum Gasteiger partial charge on any atom is 0.265 e. The lowest BCUT2D eigenvalue weighted by atomic mass is 10.0. The third kappa shape index (κ3) is 4.96. The molecule has 0 saturated carbocycles. The molecule has 3 aromatic rings. The highest BCUT2D eigenvalue weighted by Crippen LogP contribution is 2.24. The molecule has 0 fully saturated rings. The van der Waals surface area contributed by atoms with Gasteiger partial charge in [-0.3, -0.25) is 19.3 Å². The fourth-order valence-corrected chi connectivity index (χ4v) is 5.23. The molecule has 0 unspecified atom stereocenters. The summed E-state index contributed by atoms with van der Waals surface area (Å²) in [7, 11) is -3.70. The van der Waals surface area contributed by atoms with Crippen LogP contribution in [0.1, 0.15) is 29.1 Å². The molecule has 1 aliphatic heterocycles. The highest BCUT2D eigenvalue weighted by molar-refractivity contribution is 7.90. The van der Waals surface area contributed by atoms with Crippen LogP contribution in [0.2, 0.25) is 0 Å². The number of amides is 2. The molecule has 10 heteroatoms. The number of amidine groups is 1. The fraction of sp³-hybridized carbons (Fsp3) is 0.174. The third-order valence-electron chi connectivity index (χ3n) is 4.96. The van der Waals surface area contributed by atoms with Crippen molar-refractivity contribution in [2.24, 2.45) is 10.9 Å². The Morgan fingerprint density at radius 2 is 1.70 bits per heavy atom. The van der Waals surface area contributed by atoms with Crippen molar-refractivity contribution in [1.29, 1.82) is 0 Å². The number of thiophene rings is 1. The van der Waals surface area contributed by atoms with Crippen molar-refractivity contribution < 1.29 is 18.0 Å². The van der Waals surface area contributed by atoms with Gasteiger partial charge in [0.25, 0.3) is 15.9 Å². The normalized spacial score (nSPS) is 16.2. The molecule has 1 atom stereocenters. The summed E-state index contributed by atoms with van der Waals surface area (Å²) in [6.07, 6.45) is 0. The van der Waals surface area contributed by atoms with Crippen LogP contribution in [-0.4, -0.2) is 32.1 Å². The first kappa shape index (κ1) is 22.7.